The van der Waals surface area contributed by atoms with Gasteiger partial charge in [0.1, 0.15) is 0 Å². The van der Waals surface area contributed by atoms with E-state index in [0.717, 1.165) is 16.9 Å². The minimum Gasteiger partial charge on any atom is -0.504 e. The normalized spacial score (nSPS) is 11.2. The number of anilines is 1. The Labute approximate surface area is 164 Å². The van der Waals surface area contributed by atoms with E-state index in [9.17, 15) is 23.6 Å². The number of nitro benzene ring substituents is 1. The molecule has 1 aromatic heterocycles. The van der Waals surface area contributed by atoms with Gasteiger partial charge in [0, 0.05) is 17.0 Å². The third-order valence-electron chi connectivity index (χ3n) is 3.80. The van der Waals surface area contributed by atoms with Crippen LogP contribution in [0.25, 0.3) is 11.3 Å². The standard InChI is InChI=1S/C17H15N3O6S2/c1-10-3-5-12(6-4-10)28(24,25)19-17-18-13(9-27-17)11-7-14(20(22)23)16(26-2)15(21)8-11/h3-9,21H,1-2H3,(H,18,19). The summed E-state index contributed by atoms with van der Waals surface area (Å²) in [7, 11) is -2.61. The van der Waals surface area contributed by atoms with Gasteiger partial charge in [-0.25, -0.2) is 13.4 Å². The van der Waals surface area contributed by atoms with Crippen LogP contribution in [0, 0.1) is 17.0 Å². The Balaban J connectivity index is 1.92. The summed E-state index contributed by atoms with van der Waals surface area (Å²) in [5.41, 5.74) is 1.03. The molecule has 0 aliphatic heterocycles. The highest BCUT2D eigenvalue weighted by Crippen LogP contribution is 2.40. The van der Waals surface area contributed by atoms with Crippen LogP contribution in [0.3, 0.4) is 0 Å². The smallest absolute Gasteiger partial charge is 0.315 e. The Morgan fingerprint density at radius 3 is 2.54 bits per heavy atom. The van der Waals surface area contributed by atoms with Crippen LogP contribution in [0.2, 0.25) is 0 Å². The topological polar surface area (TPSA) is 132 Å². The fraction of sp³-hybridized carbons (Fsp3) is 0.118. The van der Waals surface area contributed by atoms with Crippen molar-refractivity contribution in [1.82, 2.24) is 4.98 Å². The number of hydrogen-bond donors (Lipinski definition) is 2. The van der Waals surface area contributed by atoms with Crippen molar-refractivity contribution < 1.29 is 23.2 Å². The lowest BCUT2D eigenvalue weighted by atomic mass is 10.1. The Bertz CT molecular complexity index is 1140. The van der Waals surface area contributed by atoms with Gasteiger partial charge in [-0.15, -0.1) is 11.3 Å². The molecule has 3 aromatic rings. The molecule has 0 saturated heterocycles. The number of rotatable bonds is 6. The molecule has 0 atom stereocenters. The van der Waals surface area contributed by atoms with Crippen LogP contribution in [-0.2, 0) is 10.0 Å². The lowest BCUT2D eigenvalue weighted by molar-refractivity contribution is -0.385. The summed E-state index contributed by atoms with van der Waals surface area (Å²) in [6.07, 6.45) is 0. The molecule has 0 unspecified atom stereocenters. The highest BCUT2D eigenvalue weighted by molar-refractivity contribution is 7.93. The average molecular weight is 421 g/mol. The molecule has 0 saturated carbocycles. The summed E-state index contributed by atoms with van der Waals surface area (Å²) in [5, 5.41) is 22.8. The van der Waals surface area contributed by atoms with Crippen molar-refractivity contribution in [2.75, 3.05) is 11.8 Å². The monoisotopic (exact) mass is 421 g/mol. The molecule has 0 fully saturated rings. The quantitative estimate of drug-likeness (QED) is 0.459. The largest absolute Gasteiger partial charge is 0.504 e. The molecule has 1 heterocycles. The summed E-state index contributed by atoms with van der Waals surface area (Å²) in [4.78, 5) is 14.8. The van der Waals surface area contributed by atoms with Crippen molar-refractivity contribution in [2.24, 2.45) is 0 Å². The maximum absolute atomic E-state index is 12.4. The van der Waals surface area contributed by atoms with Crippen molar-refractivity contribution in [1.29, 1.82) is 0 Å². The average Bonchev–Trinajstić information content (AvgIpc) is 3.09. The van der Waals surface area contributed by atoms with Gasteiger partial charge in [-0.1, -0.05) is 17.7 Å². The van der Waals surface area contributed by atoms with Crippen LogP contribution in [-0.4, -0.2) is 30.5 Å². The summed E-state index contributed by atoms with van der Waals surface area (Å²) >= 11 is 1.02. The number of ether oxygens (including phenoxy) is 1. The molecule has 0 spiro atoms. The van der Waals surface area contributed by atoms with Crippen molar-refractivity contribution >= 4 is 32.2 Å². The van der Waals surface area contributed by atoms with Crippen LogP contribution < -0.4 is 9.46 Å². The van der Waals surface area contributed by atoms with Gasteiger partial charge in [-0.3, -0.25) is 14.8 Å². The lowest BCUT2D eigenvalue weighted by Crippen LogP contribution is -2.12. The first-order valence-corrected chi connectivity index (χ1v) is 10.2. The molecule has 0 radical (unpaired) electrons. The number of hydrogen-bond acceptors (Lipinski definition) is 8. The third-order valence-corrected chi connectivity index (χ3v) is 6.05. The van der Waals surface area contributed by atoms with Gasteiger partial charge in [0.2, 0.25) is 5.75 Å². The number of benzene rings is 2. The zero-order valence-corrected chi connectivity index (χ0v) is 16.4. The van der Waals surface area contributed by atoms with Crippen LogP contribution in [0.1, 0.15) is 5.56 Å². The summed E-state index contributed by atoms with van der Waals surface area (Å²) in [5.74, 6) is -0.675. The number of nitro groups is 1. The summed E-state index contributed by atoms with van der Waals surface area (Å²) < 4.78 is 32.1. The van der Waals surface area contributed by atoms with E-state index < -0.39 is 26.4 Å². The van der Waals surface area contributed by atoms with Gasteiger partial charge in [0.15, 0.2) is 10.9 Å². The van der Waals surface area contributed by atoms with Crippen molar-refractivity contribution in [2.45, 2.75) is 11.8 Å². The lowest BCUT2D eigenvalue weighted by Gasteiger charge is -2.06. The number of aromatic hydroxyl groups is 1. The Hall–Kier alpha value is -3.18. The van der Waals surface area contributed by atoms with Crippen LogP contribution in [0.15, 0.2) is 46.7 Å². The molecule has 3 rings (SSSR count). The number of nitrogens with one attached hydrogen (secondary N) is 1. The number of phenolic OH excluding ortho intramolecular Hbond substituents is 1. The molecule has 0 bridgehead atoms. The number of methoxy groups -OCH3 is 1. The number of thiazole rings is 1. The minimum atomic E-state index is -3.82. The summed E-state index contributed by atoms with van der Waals surface area (Å²) in [6, 6.07) is 8.79. The van der Waals surface area contributed by atoms with E-state index in [2.05, 4.69) is 9.71 Å². The van der Waals surface area contributed by atoms with Gasteiger partial charge in [-0.05, 0) is 25.1 Å². The number of nitrogens with zero attached hydrogens (tertiary/aromatic N) is 2. The molecule has 0 amide bonds. The first kappa shape index (κ1) is 19.6. The Kier molecular flexibility index (Phi) is 5.21. The minimum absolute atomic E-state index is 0.0904. The van der Waals surface area contributed by atoms with E-state index in [1.807, 2.05) is 6.92 Å². The molecule has 2 N–H and O–H groups in total. The summed E-state index contributed by atoms with van der Waals surface area (Å²) in [6.45, 7) is 1.85. The van der Waals surface area contributed by atoms with Crippen molar-refractivity contribution in [3.63, 3.8) is 0 Å². The first-order chi connectivity index (χ1) is 13.2. The van der Waals surface area contributed by atoms with Gasteiger partial charge < -0.3 is 9.84 Å². The van der Waals surface area contributed by atoms with E-state index >= 15 is 0 Å². The zero-order chi connectivity index (χ0) is 20.5. The predicted octanol–water partition coefficient (Wildman–Crippen LogP) is 3.54. The second kappa shape index (κ2) is 7.44. The molecule has 146 valence electrons. The van der Waals surface area contributed by atoms with Crippen molar-refractivity contribution in [3.05, 3.63) is 57.5 Å². The number of aryl methyl sites for hydroxylation is 1. The maximum Gasteiger partial charge on any atom is 0.315 e. The second-order valence-electron chi connectivity index (χ2n) is 5.76. The van der Waals surface area contributed by atoms with Crippen LogP contribution in [0.4, 0.5) is 10.8 Å². The van der Waals surface area contributed by atoms with E-state index in [1.54, 1.807) is 12.1 Å². The molecule has 0 aliphatic rings. The highest BCUT2D eigenvalue weighted by atomic mass is 32.2. The Morgan fingerprint density at radius 1 is 1.25 bits per heavy atom. The molecular formula is C17H15N3O6S2. The van der Waals surface area contributed by atoms with E-state index in [0.29, 0.717) is 0 Å². The molecular weight excluding hydrogens is 406 g/mol. The molecule has 28 heavy (non-hydrogen) atoms. The second-order valence-corrected chi connectivity index (χ2v) is 8.30. The van der Waals surface area contributed by atoms with Crippen molar-refractivity contribution in [3.8, 4) is 22.8 Å². The van der Waals surface area contributed by atoms with E-state index in [-0.39, 0.29) is 27.0 Å². The number of phenols is 1. The predicted molar refractivity (Wildman–Crippen MR) is 104 cm³/mol. The molecule has 0 aliphatic carbocycles. The molecule has 9 nitrogen and oxygen atoms in total. The fourth-order valence-corrected chi connectivity index (χ4v) is 4.41. The zero-order valence-electron chi connectivity index (χ0n) is 14.7. The van der Waals surface area contributed by atoms with Gasteiger partial charge >= 0.3 is 5.69 Å². The van der Waals surface area contributed by atoms with Gasteiger partial charge in [0.25, 0.3) is 10.0 Å². The SMILES string of the molecule is COc1c(O)cc(-c2csc(NS(=O)(=O)c3ccc(C)cc3)n2)cc1[N+](=O)[O-]. The fourth-order valence-electron chi connectivity index (χ4n) is 2.44. The third kappa shape index (κ3) is 3.89. The van der Waals surface area contributed by atoms with E-state index in [1.165, 1.54) is 36.8 Å². The van der Waals surface area contributed by atoms with E-state index in [4.69, 9.17) is 4.74 Å². The maximum atomic E-state index is 12.4. The molecule has 11 heteroatoms. The highest BCUT2D eigenvalue weighted by Gasteiger charge is 2.22. The van der Waals surface area contributed by atoms with Crippen LogP contribution in [0.5, 0.6) is 11.5 Å². The molecule has 2 aromatic carbocycles. The van der Waals surface area contributed by atoms with Crippen LogP contribution >= 0.6 is 11.3 Å². The van der Waals surface area contributed by atoms with Gasteiger partial charge in [-0.2, -0.15) is 0 Å². The number of sulfonamides is 1. The Morgan fingerprint density at radius 2 is 1.93 bits per heavy atom. The number of aromatic nitrogens is 1. The first-order valence-electron chi connectivity index (χ1n) is 7.82. The van der Waals surface area contributed by atoms with Gasteiger partial charge in [0.05, 0.1) is 22.6 Å².